The highest BCUT2D eigenvalue weighted by Gasteiger charge is 2.38. The number of hydrogen-bond acceptors (Lipinski definition) is 3. The van der Waals surface area contributed by atoms with E-state index in [0.717, 1.165) is 45.4 Å². The van der Waals surface area contributed by atoms with Crippen LogP contribution in [0.2, 0.25) is 0 Å². The van der Waals surface area contributed by atoms with Crippen molar-refractivity contribution in [3.05, 3.63) is 0 Å². The van der Waals surface area contributed by atoms with Crippen molar-refractivity contribution in [1.29, 1.82) is 0 Å². The van der Waals surface area contributed by atoms with Crippen LogP contribution in [0.25, 0.3) is 0 Å². The number of aliphatic hydroxyl groups is 1. The van der Waals surface area contributed by atoms with Crippen molar-refractivity contribution in [2.45, 2.75) is 83.0 Å². The molecule has 0 aromatic heterocycles. The first-order valence-electron chi connectivity index (χ1n) is 8.21. The monoisotopic (exact) mass is 269 g/mol. The van der Waals surface area contributed by atoms with Crippen LogP contribution >= 0.6 is 0 Å². The van der Waals surface area contributed by atoms with Gasteiger partial charge in [0.2, 0.25) is 0 Å². The second kappa shape index (κ2) is 7.05. The van der Waals surface area contributed by atoms with Crippen molar-refractivity contribution in [2.75, 3.05) is 19.7 Å². The third-order valence-corrected chi connectivity index (χ3v) is 5.29. The first kappa shape index (κ1) is 15.3. The summed E-state index contributed by atoms with van der Waals surface area (Å²) in [6, 6.07) is 0. The van der Waals surface area contributed by atoms with Crippen LogP contribution in [0.4, 0.5) is 0 Å². The van der Waals surface area contributed by atoms with E-state index in [9.17, 15) is 5.11 Å². The van der Waals surface area contributed by atoms with Gasteiger partial charge < -0.3 is 9.84 Å². The van der Waals surface area contributed by atoms with Gasteiger partial charge in [-0.2, -0.15) is 0 Å². The second-order valence-corrected chi connectivity index (χ2v) is 6.49. The van der Waals surface area contributed by atoms with Gasteiger partial charge in [0.15, 0.2) is 0 Å². The molecule has 3 nitrogen and oxygen atoms in total. The summed E-state index contributed by atoms with van der Waals surface area (Å²) >= 11 is 0. The molecule has 2 fully saturated rings. The Labute approximate surface area is 118 Å². The summed E-state index contributed by atoms with van der Waals surface area (Å²) in [6.45, 7) is 7.71. The number of hydrogen-bond donors (Lipinski definition) is 1. The molecule has 112 valence electrons. The summed E-state index contributed by atoms with van der Waals surface area (Å²) in [5.74, 6) is 0. The van der Waals surface area contributed by atoms with Gasteiger partial charge >= 0.3 is 0 Å². The molecule has 19 heavy (non-hydrogen) atoms. The van der Waals surface area contributed by atoms with Crippen LogP contribution in [0.1, 0.15) is 65.2 Å². The molecule has 3 heteroatoms. The second-order valence-electron chi connectivity index (χ2n) is 6.49. The highest BCUT2D eigenvalue weighted by atomic mass is 16.5. The first-order chi connectivity index (χ1) is 9.16. The van der Waals surface area contributed by atoms with Gasteiger partial charge in [0.25, 0.3) is 0 Å². The number of nitrogens with zero attached hydrogens (tertiary/aromatic N) is 1. The normalized spacial score (nSPS) is 29.5. The summed E-state index contributed by atoms with van der Waals surface area (Å²) in [5, 5.41) is 10.6. The van der Waals surface area contributed by atoms with Gasteiger partial charge in [0, 0.05) is 12.1 Å². The van der Waals surface area contributed by atoms with Gasteiger partial charge in [0.05, 0.1) is 12.2 Å². The van der Waals surface area contributed by atoms with Crippen molar-refractivity contribution in [3.8, 4) is 0 Å². The predicted molar refractivity (Wildman–Crippen MR) is 78.3 cm³/mol. The average molecular weight is 269 g/mol. The Kier molecular flexibility index (Phi) is 5.67. The lowest BCUT2D eigenvalue weighted by Gasteiger charge is -2.42. The minimum absolute atomic E-state index is 0.0208. The third kappa shape index (κ3) is 3.71. The molecule has 0 aromatic carbocycles. The van der Waals surface area contributed by atoms with Gasteiger partial charge in [-0.25, -0.2) is 0 Å². The Hall–Kier alpha value is -0.120. The van der Waals surface area contributed by atoms with Crippen LogP contribution in [-0.4, -0.2) is 47.4 Å². The van der Waals surface area contributed by atoms with Crippen molar-refractivity contribution in [1.82, 2.24) is 4.90 Å². The molecule has 0 spiro atoms. The van der Waals surface area contributed by atoms with Crippen molar-refractivity contribution < 1.29 is 9.84 Å². The molecule has 0 aliphatic carbocycles. The molecule has 3 atom stereocenters. The summed E-state index contributed by atoms with van der Waals surface area (Å²) < 4.78 is 5.65. The molecule has 1 N–H and O–H groups in total. The van der Waals surface area contributed by atoms with E-state index >= 15 is 0 Å². The van der Waals surface area contributed by atoms with Gasteiger partial charge in [-0.3, -0.25) is 4.90 Å². The predicted octanol–water partition coefficient (Wildman–Crippen LogP) is 2.96. The molecule has 2 saturated heterocycles. The summed E-state index contributed by atoms with van der Waals surface area (Å²) in [7, 11) is 0. The minimum Gasteiger partial charge on any atom is -0.391 e. The lowest BCUT2D eigenvalue weighted by atomic mass is 9.86. The molecule has 0 saturated carbocycles. The van der Waals surface area contributed by atoms with Crippen LogP contribution in [0, 0.1) is 0 Å². The zero-order chi connectivity index (χ0) is 13.7. The Morgan fingerprint density at radius 3 is 2.63 bits per heavy atom. The van der Waals surface area contributed by atoms with Gasteiger partial charge in [-0.1, -0.05) is 6.92 Å². The number of likely N-dealkylation sites (tertiary alicyclic amines) is 1. The van der Waals surface area contributed by atoms with Gasteiger partial charge in [0.1, 0.15) is 0 Å². The van der Waals surface area contributed by atoms with E-state index in [1.54, 1.807) is 0 Å². The van der Waals surface area contributed by atoms with Crippen LogP contribution in [-0.2, 0) is 4.74 Å². The topological polar surface area (TPSA) is 32.7 Å². The standard InChI is InChI=1S/C16H31NO2/c1-3-16(2,17-11-4-5-12-17)15(18)10-6-8-14-9-7-13-19-14/h14-15,18H,3-13H2,1-2H3. The molecule has 2 rings (SSSR count). The van der Waals surface area contributed by atoms with Crippen molar-refractivity contribution in [3.63, 3.8) is 0 Å². The van der Waals surface area contributed by atoms with Crippen LogP contribution in [0.5, 0.6) is 0 Å². The summed E-state index contributed by atoms with van der Waals surface area (Å²) in [5.41, 5.74) is -0.0208. The fourth-order valence-corrected chi connectivity index (χ4v) is 3.62. The van der Waals surface area contributed by atoms with Crippen LogP contribution < -0.4 is 0 Å². The van der Waals surface area contributed by atoms with Crippen molar-refractivity contribution in [2.24, 2.45) is 0 Å². The number of rotatable bonds is 7. The molecule has 2 aliphatic rings. The van der Waals surface area contributed by atoms with Crippen LogP contribution in [0.15, 0.2) is 0 Å². The van der Waals surface area contributed by atoms with E-state index in [-0.39, 0.29) is 11.6 Å². The largest absolute Gasteiger partial charge is 0.391 e. The lowest BCUT2D eigenvalue weighted by molar-refractivity contribution is -0.0196. The van der Waals surface area contributed by atoms with E-state index in [1.807, 2.05) is 0 Å². The Bertz CT molecular complexity index is 259. The SMILES string of the molecule is CCC(C)(C(O)CCCC1CCCO1)N1CCCC1. The number of aliphatic hydroxyl groups excluding tert-OH is 1. The molecular weight excluding hydrogens is 238 g/mol. The minimum atomic E-state index is -0.197. The molecule has 0 amide bonds. The van der Waals surface area contributed by atoms with E-state index < -0.39 is 0 Å². The Morgan fingerprint density at radius 1 is 1.32 bits per heavy atom. The maximum Gasteiger partial charge on any atom is 0.0721 e. The quantitative estimate of drug-likeness (QED) is 0.771. The van der Waals surface area contributed by atoms with E-state index in [4.69, 9.17) is 4.74 Å². The maximum absolute atomic E-state index is 10.6. The molecule has 0 bridgehead atoms. The van der Waals surface area contributed by atoms with E-state index in [0.29, 0.717) is 6.10 Å². The highest BCUT2D eigenvalue weighted by Crippen LogP contribution is 2.30. The van der Waals surface area contributed by atoms with Crippen molar-refractivity contribution >= 4 is 0 Å². The lowest BCUT2D eigenvalue weighted by Crippen LogP contribution is -2.53. The third-order valence-electron chi connectivity index (χ3n) is 5.29. The smallest absolute Gasteiger partial charge is 0.0721 e. The van der Waals surface area contributed by atoms with Gasteiger partial charge in [-0.05, 0) is 71.4 Å². The maximum atomic E-state index is 10.6. The highest BCUT2D eigenvalue weighted by molar-refractivity contribution is 4.93. The molecule has 2 aliphatic heterocycles. The van der Waals surface area contributed by atoms with E-state index in [2.05, 4.69) is 18.7 Å². The fraction of sp³-hybridized carbons (Fsp3) is 1.00. The zero-order valence-electron chi connectivity index (χ0n) is 12.7. The van der Waals surface area contributed by atoms with Gasteiger partial charge in [-0.15, -0.1) is 0 Å². The fourth-order valence-electron chi connectivity index (χ4n) is 3.62. The molecule has 0 aromatic rings. The Morgan fingerprint density at radius 2 is 2.05 bits per heavy atom. The zero-order valence-corrected chi connectivity index (χ0v) is 12.7. The Balaban J connectivity index is 1.76. The number of ether oxygens (including phenoxy) is 1. The van der Waals surface area contributed by atoms with E-state index in [1.165, 1.54) is 25.7 Å². The molecule has 0 radical (unpaired) electrons. The first-order valence-corrected chi connectivity index (χ1v) is 8.21. The summed E-state index contributed by atoms with van der Waals surface area (Å²) in [4.78, 5) is 2.50. The molecular formula is C16H31NO2. The van der Waals surface area contributed by atoms with Crippen LogP contribution in [0.3, 0.4) is 0 Å². The molecule has 3 unspecified atom stereocenters. The summed E-state index contributed by atoms with van der Waals surface area (Å²) in [6.07, 6.45) is 9.45. The molecule has 2 heterocycles. The average Bonchev–Trinajstić information content (AvgIpc) is 3.10.